The van der Waals surface area contributed by atoms with E-state index in [-0.39, 0.29) is 0 Å². The van der Waals surface area contributed by atoms with Crippen LogP contribution >= 0.6 is 0 Å². The predicted octanol–water partition coefficient (Wildman–Crippen LogP) is 1.87. The minimum Gasteiger partial charge on any atom is -0.323 e. The molecule has 0 aliphatic carbocycles. The molecule has 0 unspecified atom stereocenters. The van der Waals surface area contributed by atoms with Crippen molar-refractivity contribution in [2.75, 3.05) is 0 Å². The van der Waals surface area contributed by atoms with Crippen molar-refractivity contribution in [2.45, 2.75) is 20.3 Å². The lowest BCUT2D eigenvalue weighted by molar-refractivity contribution is 1.12. The fourth-order valence-corrected chi connectivity index (χ4v) is 1.45. The van der Waals surface area contributed by atoms with E-state index in [9.17, 15) is 0 Å². The molecule has 0 spiro atoms. The zero-order chi connectivity index (χ0) is 10.6. The standard InChI is InChI=1S/C11H15N3/c1-3-9-6-8(2)4-5-10(9)11(7-12)14-13/h4-7,12H,3,13H2,1-2H3/b12-7?,14-11+. The molecule has 74 valence electrons. The molecule has 1 aromatic rings. The first-order valence-electron chi connectivity index (χ1n) is 4.61. The summed E-state index contributed by atoms with van der Waals surface area (Å²) in [5, 5.41) is 10.8. The third-order valence-electron chi connectivity index (χ3n) is 2.19. The van der Waals surface area contributed by atoms with Crippen LogP contribution in [0.4, 0.5) is 0 Å². The molecule has 0 radical (unpaired) electrons. The summed E-state index contributed by atoms with van der Waals surface area (Å²) < 4.78 is 0. The van der Waals surface area contributed by atoms with Gasteiger partial charge in [-0.15, -0.1) is 0 Å². The highest BCUT2D eigenvalue weighted by Crippen LogP contribution is 2.12. The van der Waals surface area contributed by atoms with E-state index in [1.807, 2.05) is 19.1 Å². The van der Waals surface area contributed by atoms with Gasteiger partial charge < -0.3 is 11.3 Å². The summed E-state index contributed by atoms with van der Waals surface area (Å²) in [7, 11) is 0. The molecule has 1 aromatic carbocycles. The second-order valence-electron chi connectivity index (χ2n) is 3.17. The molecule has 3 N–H and O–H groups in total. The van der Waals surface area contributed by atoms with Gasteiger partial charge in [0.1, 0.15) is 5.71 Å². The summed E-state index contributed by atoms with van der Waals surface area (Å²) >= 11 is 0. The van der Waals surface area contributed by atoms with Crippen LogP contribution in [0.5, 0.6) is 0 Å². The molecule has 0 atom stereocenters. The van der Waals surface area contributed by atoms with Gasteiger partial charge in [-0.1, -0.05) is 30.7 Å². The molecule has 1 rings (SSSR count). The Kier molecular flexibility index (Phi) is 3.40. The van der Waals surface area contributed by atoms with Gasteiger partial charge in [-0.3, -0.25) is 0 Å². The first kappa shape index (κ1) is 10.4. The Morgan fingerprint density at radius 3 is 2.79 bits per heavy atom. The van der Waals surface area contributed by atoms with Crippen LogP contribution in [-0.4, -0.2) is 11.9 Å². The summed E-state index contributed by atoms with van der Waals surface area (Å²) in [5.41, 5.74) is 3.88. The van der Waals surface area contributed by atoms with Crippen LogP contribution in [0.3, 0.4) is 0 Å². The van der Waals surface area contributed by atoms with Gasteiger partial charge in [0.25, 0.3) is 0 Å². The van der Waals surface area contributed by atoms with Crippen molar-refractivity contribution in [1.29, 1.82) is 5.41 Å². The van der Waals surface area contributed by atoms with Crippen molar-refractivity contribution >= 4 is 11.9 Å². The minimum absolute atomic E-state index is 0.529. The minimum atomic E-state index is 0.529. The molecule has 0 saturated carbocycles. The molecule has 0 aliphatic rings. The van der Waals surface area contributed by atoms with Gasteiger partial charge in [0.15, 0.2) is 0 Å². The van der Waals surface area contributed by atoms with E-state index >= 15 is 0 Å². The number of rotatable bonds is 3. The highest BCUT2D eigenvalue weighted by Gasteiger charge is 2.05. The molecule has 0 amide bonds. The van der Waals surface area contributed by atoms with Crippen LogP contribution in [0.1, 0.15) is 23.6 Å². The third kappa shape index (κ3) is 1.99. The monoisotopic (exact) mass is 189 g/mol. The molecule has 0 saturated heterocycles. The van der Waals surface area contributed by atoms with E-state index < -0.39 is 0 Å². The molecular weight excluding hydrogens is 174 g/mol. The Labute approximate surface area is 84.1 Å². The maximum atomic E-state index is 7.19. The summed E-state index contributed by atoms with van der Waals surface area (Å²) in [6.07, 6.45) is 2.10. The molecule has 0 heterocycles. The Hall–Kier alpha value is -1.64. The van der Waals surface area contributed by atoms with E-state index in [1.165, 1.54) is 17.3 Å². The van der Waals surface area contributed by atoms with Crippen LogP contribution in [0.2, 0.25) is 0 Å². The zero-order valence-corrected chi connectivity index (χ0v) is 8.54. The Morgan fingerprint density at radius 1 is 1.57 bits per heavy atom. The van der Waals surface area contributed by atoms with E-state index in [2.05, 4.69) is 18.1 Å². The van der Waals surface area contributed by atoms with Crippen LogP contribution in [0, 0.1) is 12.3 Å². The number of nitrogens with zero attached hydrogens (tertiary/aromatic N) is 1. The van der Waals surface area contributed by atoms with Crippen LogP contribution in [0.15, 0.2) is 23.3 Å². The lowest BCUT2D eigenvalue weighted by atomic mass is 9.99. The molecular formula is C11H15N3. The lowest BCUT2D eigenvalue weighted by Crippen LogP contribution is -2.08. The van der Waals surface area contributed by atoms with Crippen molar-refractivity contribution in [2.24, 2.45) is 10.9 Å². The van der Waals surface area contributed by atoms with Crippen LogP contribution < -0.4 is 5.84 Å². The second-order valence-corrected chi connectivity index (χ2v) is 3.17. The van der Waals surface area contributed by atoms with Gasteiger partial charge in [-0.05, 0) is 18.9 Å². The SMILES string of the molecule is CCc1cc(C)ccc1/C(C=N)=N/N. The van der Waals surface area contributed by atoms with Gasteiger partial charge >= 0.3 is 0 Å². The Morgan fingerprint density at radius 2 is 2.29 bits per heavy atom. The quantitative estimate of drug-likeness (QED) is 0.425. The number of nitrogens with one attached hydrogen (secondary N) is 1. The number of benzene rings is 1. The Balaban J connectivity index is 3.26. The summed E-state index contributed by atoms with van der Waals surface area (Å²) in [6.45, 7) is 4.13. The maximum Gasteiger partial charge on any atom is 0.108 e. The van der Waals surface area contributed by atoms with Gasteiger partial charge in [0, 0.05) is 11.8 Å². The number of hydrogen-bond acceptors (Lipinski definition) is 3. The summed E-state index contributed by atoms with van der Waals surface area (Å²) in [5.74, 6) is 5.21. The second kappa shape index (κ2) is 4.56. The lowest BCUT2D eigenvalue weighted by Gasteiger charge is -2.07. The van der Waals surface area contributed by atoms with Crippen molar-refractivity contribution in [3.8, 4) is 0 Å². The topological polar surface area (TPSA) is 62.2 Å². The number of nitrogens with two attached hydrogens (primary N) is 1. The van der Waals surface area contributed by atoms with Crippen molar-refractivity contribution < 1.29 is 0 Å². The first-order valence-corrected chi connectivity index (χ1v) is 4.61. The highest BCUT2D eigenvalue weighted by atomic mass is 15.1. The largest absolute Gasteiger partial charge is 0.323 e. The van der Waals surface area contributed by atoms with Crippen LogP contribution in [-0.2, 0) is 6.42 Å². The third-order valence-corrected chi connectivity index (χ3v) is 2.19. The Bertz CT molecular complexity index is 367. The fraction of sp³-hybridized carbons (Fsp3) is 0.273. The predicted molar refractivity (Wildman–Crippen MR) is 60.1 cm³/mol. The molecule has 3 nitrogen and oxygen atoms in total. The normalized spacial score (nSPS) is 11.4. The van der Waals surface area contributed by atoms with E-state index in [0.717, 1.165) is 12.0 Å². The molecule has 0 aliphatic heterocycles. The average molecular weight is 189 g/mol. The highest BCUT2D eigenvalue weighted by molar-refractivity contribution is 6.37. The molecule has 0 aromatic heterocycles. The summed E-state index contributed by atoms with van der Waals surface area (Å²) in [6, 6.07) is 6.07. The maximum absolute atomic E-state index is 7.19. The van der Waals surface area contributed by atoms with E-state index in [4.69, 9.17) is 11.3 Å². The first-order chi connectivity index (χ1) is 6.72. The average Bonchev–Trinajstić information content (AvgIpc) is 2.21. The molecule has 14 heavy (non-hydrogen) atoms. The van der Waals surface area contributed by atoms with Crippen molar-refractivity contribution in [3.63, 3.8) is 0 Å². The number of hydrogen-bond donors (Lipinski definition) is 2. The molecule has 0 bridgehead atoms. The van der Waals surface area contributed by atoms with Gasteiger partial charge in [0.2, 0.25) is 0 Å². The number of aryl methyl sites for hydroxylation is 2. The van der Waals surface area contributed by atoms with Crippen molar-refractivity contribution in [3.05, 3.63) is 34.9 Å². The zero-order valence-electron chi connectivity index (χ0n) is 8.54. The van der Waals surface area contributed by atoms with Gasteiger partial charge in [0.05, 0.1) is 0 Å². The smallest absolute Gasteiger partial charge is 0.108 e. The van der Waals surface area contributed by atoms with Gasteiger partial charge in [-0.2, -0.15) is 5.10 Å². The van der Waals surface area contributed by atoms with E-state index in [0.29, 0.717) is 5.71 Å². The van der Waals surface area contributed by atoms with Gasteiger partial charge in [-0.25, -0.2) is 0 Å². The van der Waals surface area contributed by atoms with Crippen LogP contribution in [0.25, 0.3) is 0 Å². The van der Waals surface area contributed by atoms with Crippen molar-refractivity contribution in [1.82, 2.24) is 0 Å². The van der Waals surface area contributed by atoms with E-state index in [1.54, 1.807) is 0 Å². The number of hydrazone groups is 1. The molecule has 3 heteroatoms. The molecule has 0 fully saturated rings. The summed E-state index contributed by atoms with van der Waals surface area (Å²) in [4.78, 5) is 0. The fourth-order valence-electron chi connectivity index (χ4n) is 1.45.